The molecule has 1 fully saturated rings. The van der Waals surface area contributed by atoms with Gasteiger partial charge < -0.3 is 4.43 Å². The van der Waals surface area contributed by atoms with Crippen molar-refractivity contribution in [3.8, 4) is 0 Å². The van der Waals surface area contributed by atoms with Crippen molar-refractivity contribution in [3.05, 3.63) is 48.6 Å². The first-order valence-electron chi connectivity index (χ1n) is 10.7. The number of nitrogens with zero attached hydrogens (tertiary/aromatic N) is 1. The van der Waals surface area contributed by atoms with E-state index in [1.165, 1.54) is 5.56 Å². The van der Waals surface area contributed by atoms with Crippen molar-refractivity contribution >= 4 is 8.32 Å². The van der Waals surface area contributed by atoms with Crippen LogP contribution in [0.5, 0.6) is 0 Å². The van der Waals surface area contributed by atoms with E-state index in [0.717, 1.165) is 25.8 Å². The molecule has 3 nitrogen and oxygen atoms in total. The fraction of sp³-hybridized carbons (Fsp3) is 0.667. The molecule has 0 N–H and O–H groups in total. The maximum atomic E-state index is 6.53. The highest BCUT2D eigenvalue weighted by molar-refractivity contribution is 6.74. The van der Waals surface area contributed by atoms with E-state index >= 15 is 0 Å². The first-order chi connectivity index (χ1) is 13.0. The number of rotatable bonds is 9. The average Bonchev–Trinajstić information content (AvgIpc) is 2.90. The summed E-state index contributed by atoms with van der Waals surface area (Å²) in [4.78, 5) is 6.53. The molecule has 28 heavy (non-hydrogen) atoms. The fourth-order valence-electron chi connectivity index (χ4n) is 3.90. The second-order valence-corrected chi connectivity index (χ2v) is 15.1. The Hall–Kier alpha value is -0.943. The maximum Gasteiger partial charge on any atom is 0.192 e. The van der Waals surface area contributed by atoms with Gasteiger partial charge in [-0.15, -0.1) is 6.58 Å². The van der Waals surface area contributed by atoms with Crippen molar-refractivity contribution in [2.45, 2.75) is 90.2 Å². The molecule has 158 valence electrons. The van der Waals surface area contributed by atoms with Gasteiger partial charge in [-0.3, -0.25) is 4.84 Å². The minimum absolute atomic E-state index is 0.00673. The molecule has 0 saturated carbocycles. The predicted octanol–water partition coefficient (Wildman–Crippen LogP) is 6.58. The summed E-state index contributed by atoms with van der Waals surface area (Å²) in [6.07, 6.45) is 5.20. The Bertz CT molecular complexity index is 623. The minimum Gasteiger partial charge on any atom is -0.414 e. The van der Waals surface area contributed by atoms with Crippen LogP contribution >= 0.6 is 0 Å². The van der Waals surface area contributed by atoms with Crippen LogP contribution in [0.3, 0.4) is 0 Å². The van der Waals surface area contributed by atoms with Gasteiger partial charge in [-0.25, -0.2) is 0 Å². The van der Waals surface area contributed by atoms with Crippen LogP contribution in [0, 0.1) is 5.92 Å². The second-order valence-electron chi connectivity index (χ2n) is 10.3. The van der Waals surface area contributed by atoms with E-state index in [0.29, 0.717) is 12.5 Å². The van der Waals surface area contributed by atoms with Crippen LogP contribution in [0.1, 0.15) is 59.4 Å². The summed E-state index contributed by atoms with van der Waals surface area (Å²) in [5.74, 6) is 0.599. The fourth-order valence-corrected chi connectivity index (χ4v) is 4.93. The summed E-state index contributed by atoms with van der Waals surface area (Å²) < 4.78 is 6.51. The van der Waals surface area contributed by atoms with Gasteiger partial charge in [0, 0.05) is 6.54 Å². The molecule has 0 bridgehead atoms. The lowest BCUT2D eigenvalue weighted by Gasteiger charge is -2.37. The quantitative estimate of drug-likeness (QED) is 0.343. The number of hydrogen-bond acceptors (Lipinski definition) is 3. The van der Waals surface area contributed by atoms with Gasteiger partial charge in [0.2, 0.25) is 0 Å². The highest BCUT2D eigenvalue weighted by Gasteiger charge is 2.47. The molecule has 1 aliphatic rings. The zero-order valence-corrected chi connectivity index (χ0v) is 20.1. The number of benzene rings is 1. The molecule has 2 rings (SSSR count). The van der Waals surface area contributed by atoms with Crippen molar-refractivity contribution in [2.24, 2.45) is 5.92 Å². The minimum atomic E-state index is -1.78. The van der Waals surface area contributed by atoms with Gasteiger partial charge >= 0.3 is 0 Å². The van der Waals surface area contributed by atoms with Crippen molar-refractivity contribution < 1.29 is 9.26 Å². The Balaban J connectivity index is 2.19. The molecule has 1 heterocycles. The first-order valence-corrected chi connectivity index (χ1v) is 13.6. The van der Waals surface area contributed by atoms with E-state index in [4.69, 9.17) is 9.26 Å². The lowest BCUT2D eigenvalue weighted by atomic mass is 9.81. The monoisotopic (exact) mass is 403 g/mol. The van der Waals surface area contributed by atoms with Gasteiger partial charge in [0.15, 0.2) is 8.32 Å². The average molecular weight is 404 g/mol. The molecule has 2 unspecified atom stereocenters. The molecule has 0 spiro atoms. The second kappa shape index (κ2) is 9.25. The highest BCUT2D eigenvalue weighted by atomic mass is 28.4. The van der Waals surface area contributed by atoms with Crippen LogP contribution in [0.4, 0.5) is 0 Å². The smallest absolute Gasteiger partial charge is 0.192 e. The van der Waals surface area contributed by atoms with Crippen molar-refractivity contribution in [1.29, 1.82) is 0 Å². The molecule has 0 aromatic heterocycles. The molecule has 0 aliphatic carbocycles. The largest absolute Gasteiger partial charge is 0.414 e. The molecule has 1 saturated heterocycles. The third-order valence-electron chi connectivity index (χ3n) is 6.33. The molecule has 0 radical (unpaired) electrons. The van der Waals surface area contributed by atoms with E-state index in [-0.39, 0.29) is 16.7 Å². The normalized spacial score (nSPS) is 24.1. The van der Waals surface area contributed by atoms with Crippen molar-refractivity contribution in [2.75, 3.05) is 6.61 Å². The van der Waals surface area contributed by atoms with Crippen molar-refractivity contribution in [3.63, 3.8) is 0 Å². The van der Waals surface area contributed by atoms with Crippen LogP contribution in [-0.2, 0) is 15.8 Å². The summed E-state index contributed by atoms with van der Waals surface area (Å²) >= 11 is 0. The Kier molecular flexibility index (Phi) is 7.71. The third kappa shape index (κ3) is 5.79. The van der Waals surface area contributed by atoms with E-state index < -0.39 is 8.32 Å². The summed E-state index contributed by atoms with van der Waals surface area (Å²) in [6, 6.07) is 10.6. The van der Waals surface area contributed by atoms with Gasteiger partial charge in [0.1, 0.15) is 6.10 Å². The van der Waals surface area contributed by atoms with Gasteiger partial charge in [0.25, 0.3) is 0 Å². The lowest BCUT2D eigenvalue weighted by Crippen LogP contribution is -2.43. The summed E-state index contributed by atoms with van der Waals surface area (Å²) in [5, 5.41) is 2.45. The molecule has 4 heteroatoms. The molecule has 1 aliphatic heterocycles. The van der Waals surface area contributed by atoms with Crippen LogP contribution in [0.2, 0.25) is 18.1 Å². The Morgan fingerprint density at radius 3 is 2.46 bits per heavy atom. The maximum absolute atomic E-state index is 6.53. The third-order valence-corrected chi connectivity index (χ3v) is 10.8. The van der Waals surface area contributed by atoms with Crippen LogP contribution < -0.4 is 0 Å². The SMILES string of the molecule is C=CCC1(CC(C)C)CC(CO[Si](C)(C)C(C)(C)C)ON1Cc1ccccc1. The van der Waals surface area contributed by atoms with E-state index in [1.54, 1.807) is 0 Å². The summed E-state index contributed by atoms with van der Waals surface area (Å²) in [5.41, 5.74) is 1.28. The zero-order valence-electron chi connectivity index (χ0n) is 19.1. The zero-order chi connectivity index (χ0) is 21.0. The summed E-state index contributed by atoms with van der Waals surface area (Å²) in [6.45, 7) is 21.6. The Morgan fingerprint density at radius 1 is 1.29 bits per heavy atom. The standard InChI is InChI=1S/C24H41NO2Si/c1-9-15-24(16-20(2)3)17-22(19-26-28(7,8)23(4,5)6)27-25(24)18-21-13-11-10-12-14-21/h9-14,20,22H,1,15-19H2,2-8H3. The van der Waals surface area contributed by atoms with Crippen molar-refractivity contribution in [1.82, 2.24) is 5.06 Å². The first kappa shape index (κ1) is 23.3. The Labute approximate surface area is 174 Å². The van der Waals surface area contributed by atoms with E-state index in [9.17, 15) is 0 Å². The lowest BCUT2D eigenvalue weighted by molar-refractivity contribution is -0.202. The molecular formula is C24H41NO2Si. The number of hydroxylamine groups is 2. The Morgan fingerprint density at radius 2 is 1.93 bits per heavy atom. The molecule has 0 amide bonds. The van der Waals surface area contributed by atoms with E-state index in [1.807, 2.05) is 0 Å². The topological polar surface area (TPSA) is 21.7 Å². The summed E-state index contributed by atoms with van der Waals surface area (Å²) in [7, 11) is -1.78. The number of hydrogen-bond donors (Lipinski definition) is 0. The molecular weight excluding hydrogens is 362 g/mol. The molecule has 1 aromatic carbocycles. The highest BCUT2D eigenvalue weighted by Crippen LogP contribution is 2.42. The molecule has 1 aromatic rings. The van der Waals surface area contributed by atoms with Gasteiger partial charge in [-0.1, -0.05) is 71.0 Å². The van der Waals surface area contributed by atoms with Gasteiger partial charge in [-0.2, -0.15) is 5.06 Å². The van der Waals surface area contributed by atoms with Gasteiger partial charge in [-0.05, 0) is 48.9 Å². The predicted molar refractivity (Wildman–Crippen MR) is 122 cm³/mol. The van der Waals surface area contributed by atoms with Gasteiger partial charge in [0.05, 0.1) is 12.1 Å². The van der Waals surface area contributed by atoms with Crippen LogP contribution in [-0.4, -0.2) is 31.6 Å². The molecule has 2 atom stereocenters. The van der Waals surface area contributed by atoms with E-state index in [2.05, 4.69) is 95.8 Å². The van der Waals surface area contributed by atoms with Crippen LogP contribution in [0.25, 0.3) is 0 Å². The van der Waals surface area contributed by atoms with Crippen LogP contribution in [0.15, 0.2) is 43.0 Å².